The lowest BCUT2D eigenvalue weighted by molar-refractivity contribution is -0.883. The van der Waals surface area contributed by atoms with Gasteiger partial charge in [-0.15, -0.1) is 0 Å². The second-order valence-electron chi connectivity index (χ2n) is 11.1. The second kappa shape index (κ2) is 11.0. The van der Waals surface area contributed by atoms with E-state index in [0.29, 0.717) is 5.41 Å². The standard InChI is InChI=1S/C23H32N2O2.C4H6O4/c1-24-6-8-25(9-7-24)22(26)16-27-21-4-2-20(3-5-21)23-13-17-10-18(14-23)12-19(11-17)15-23;5-3(6)1-2-4(7)8/h2-5,17-19H,6-16H2,1H3;1-2H2,(H,5,6)(H,7,8)/p+1. The molecule has 1 amide bonds. The first-order valence-corrected chi connectivity index (χ1v) is 13.0. The van der Waals surface area contributed by atoms with Gasteiger partial charge in [-0.25, -0.2) is 0 Å². The van der Waals surface area contributed by atoms with Crippen molar-refractivity contribution >= 4 is 17.8 Å². The van der Waals surface area contributed by atoms with Gasteiger partial charge in [0.1, 0.15) is 5.75 Å². The summed E-state index contributed by atoms with van der Waals surface area (Å²) in [6.45, 7) is 3.92. The van der Waals surface area contributed by atoms with E-state index in [1.807, 2.05) is 4.90 Å². The topological polar surface area (TPSA) is 109 Å². The number of quaternary nitrogens is 1. The van der Waals surface area contributed by atoms with Crippen molar-refractivity contribution in [2.24, 2.45) is 17.8 Å². The number of carboxylic acids is 2. The Labute approximate surface area is 207 Å². The highest BCUT2D eigenvalue weighted by Gasteiger charge is 2.51. The number of carboxylic acid groups (broad SMARTS) is 2. The van der Waals surface area contributed by atoms with Crippen molar-refractivity contribution in [1.82, 2.24) is 4.90 Å². The first-order valence-electron chi connectivity index (χ1n) is 13.0. The maximum Gasteiger partial charge on any atom is 0.303 e. The zero-order chi connectivity index (χ0) is 25.0. The van der Waals surface area contributed by atoms with Gasteiger partial charge in [0.15, 0.2) is 6.61 Å². The zero-order valence-electron chi connectivity index (χ0n) is 20.7. The second-order valence-corrected chi connectivity index (χ2v) is 11.1. The molecule has 0 atom stereocenters. The number of ether oxygens (including phenoxy) is 1. The molecule has 5 aliphatic rings. The molecule has 4 aliphatic carbocycles. The number of carbonyl (C=O) groups is 3. The minimum atomic E-state index is -1.08. The SMILES string of the molecule is C[NH+]1CCN(C(=O)COc2ccc(C34CC5CC(CC(C5)C3)C4)cc2)CC1.O=C(O)CCC(=O)O. The highest BCUT2D eigenvalue weighted by Crippen LogP contribution is 2.60. The van der Waals surface area contributed by atoms with Crippen molar-refractivity contribution in [2.75, 3.05) is 39.8 Å². The molecule has 5 fully saturated rings. The number of benzene rings is 1. The van der Waals surface area contributed by atoms with Gasteiger partial charge >= 0.3 is 11.9 Å². The summed E-state index contributed by atoms with van der Waals surface area (Å²) in [6.07, 6.45) is 8.03. The Morgan fingerprint density at radius 3 is 1.86 bits per heavy atom. The lowest BCUT2D eigenvalue weighted by Crippen LogP contribution is -3.12. The average molecular weight is 488 g/mol. The number of rotatable bonds is 7. The Morgan fingerprint density at radius 1 is 0.914 bits per heavy atom. The van der Waals surface area contributed by atoms with Crippen LogP contribution in [0.2, 0.25) is 0 Å². The van der Waals surface area contributed by atoms with Gasteiger partial charge in [0.2, 0.25) is 0 Å². The monoisotopic (exact) mass is 487 g/mol. The minimum absolute atomic E-state index is 0.118. The van der Waals surface area contributed by atoms with E-state index in [1.165, 1.54) is 49.0 Å². The largest absolute Gasteiger partial charge is 0.484 e. The molecule has 1 aromatic carbocycles. The van der Waals surface area contributed by atoms with Crippen molar-refractivity contribution in [3.05, 3.63) is 29.8 Å². The minimum Gasteiger partial charge on any atom is -0.484 e. The molecule has 1 saturated heterocycles. The van der Waals surface area contributed by atoms with Crippen LogP contribution in [0.25, 0.3) is 0 Å². The van der Waals surface area contributed by atoms with Crippen LogP contribution in [0, 0.1) is 17.8 Å². The van der Waals surface area contributed by atoms with Crippen molar-refractivity contribution in [2.45, 2.75) is 56.8 Å². The van der Waals surface area contributed by atoms with E-state index in [9.17, 15) is 14.4 Å². The highest BCUT2D eigenvalue weighted by atomic mass is 16.5. The zero-order valence-corrected chi connectivity index (χ0v) is 20.7. The van der Waals surface area contributed by atoms with Gasteiger partial charge in [0.25, 0.3) is 5.91 Å². The quantitative estimate of drug-likeness (QED) is 0.542. The van der Waals surface area contributed by atoms with Crippen LogP contribution in [0.15, 0.2) is 24.3 Å². The molecule has 1 heterocycles. The van der Waals surface area contributed by atoms with Crippen molar-refractivity contribution in [3.8, 4) is 5.75 Å². The lowest BCUT2D eigenvalue weighted by atomic mass is 9.48. The number of hydrogen-bond acceptors (Lipinski definition) is 4. The summed E-state index contributed by atoms with van der Waals surface area (Å²) in [5.74, 6) is 1.70. The third-order valence-electron chi connectivity index (χ3n) is 8.39. The van der Waals surface area contributed by atoms with Crippen LogP contribution in [0.4, 0.5) is 0 Å². The van der Waals surface area contributed by atoms with E-state index >= 15 is 0 Å². The molecule has 0 unspecified atom stereocenters. The Kier molecular flexibility index (Phi) is 7.99. The van der Waals surface area contributed by atoms with Crippen molar-refractivity contribution in [1.29, 1.82) is 0 Å². The summed E-state index contributed by atoms with van der Waals surface area (Å²) in [5, 5.41) is 15.8. The molecule has 4 bridgehead atoms. The fraction of sp³-hybridized carbons (Fsp3) is 0.667. The fourth-order valence-electron chi connectivity index (χ4n) is 6.96. The highest BCUT2D eigenvalue weighted by molar-refractivity contribution is 5.77. The number of nitrogens with zero attached hydrogens (tertiary/aromatic N) is 1. The average Bonchev–Trinajstić information content (AvgIpc) is 2.81. The summed E-state index contributed by atoms with van der Waals surface area (Å²) in [6, 6.07) is 8.75. The smallest absolute Gasteiger partial charge is 0.303 e. The number of nitrogens with one attached hydrogen (secondary N) is 1. The van der Waals surface area contributed by atoms with E-state index in [2.05, 4.69) is 31.3 Å². The Morgan fingerprint density at radius 2 is 1.40 bits per heavy atom. The van der Waals surface area contributed by atoms with Gasteiger partial charge in [-0.05, 0) is 79.4 Å². The van der Waals surface area contributed by atoms with Gasteiger partial charge in [0, 0.05) is 0 Å². The van der Waals surface area contributed by atoms with Gasteiger partial charge in [-0.3, -0.25) is 14.4 Å². The number of amides is 1. The normalized spacial score (nSPS) is 29.3. The molecule has 0 spiro atoms. The molecule has 8 nitrogen and oxygen atoms in total. The van der Waals surface area contributed by atoms with Crippen LogP contribution in [0.1, 0.15) is 56.9 Å². The number of aliphatic carboxylic acids is 2. The molecule has 0 aromatic heterocycles. The summed E-state index contributed by atoms with van der Waals surface area (Å²) < 4.78 is 5.82. The number of carbonyl (C=O) groups excluding carboxylic acids is 1. The Balaban J connectivity index is 0.000000314. The predicted molar refractivity (Wildman–Crippen MR) is 129 cm³/mol. The number of piperazine rings is 1. The van der Waals surface area contributed by atoms with E-state index < -0.39 is 11.9 Å². The third kappa shape index (κ3) is 6.54. The van der Waals surface area contributed by atoms with Crippen LogP contribution in [-0.4, -0.2) is 72.8 Å². The summed E-state index contributed by atoms with van der Waals surface area (Å²) >= 11 is 0. The fourth-order valence-corrected chi connectivity index (χ4v) is 6.96. The first-order chi connectivity index (χ1) is 16.7. The third-order valence-corrected chi connectivity index (χ3v) is 8.39. The van der Waals surface area contributed by atoms with Crippen LogP contribution in [0.5, 0.6) is 5.75 Å². The summed E-state index contributed by atoms with van der Waals surface area (Å²) in [7, 11) is 2.18. The van der Waals surface area contributed by atoms with Crippen molar-refractivity contribution in [3.63, 3.8) is 0 Å². The number of hydrogen-bond donors (Lipinski definition) is 3. The van der Waals surface area contributed by atoms with Gasteiger partial charge < -0.3 is 24.7 Å². The molecule has 0 radical (unpaired) electrons. The Bertz CT molecular complexity index is 857. The van der Waals surface area contributed by atoms with Crippen LogP contribution < -0.4 is 9.64 Å². The Hall–Kier alpha value is -2.61. The molecule has 4 saturated carbocycles. The van der Waals surface area contributed by atoms with Crippen LogP contribution >= 0.6 is 0 Å². The lowest BCUT2D eigenvalue weighted by Gasteiger charge is -2.57. The van der Waals surface area contributed by atoms with Crippen molar-refractivity contribution < 1.29 is 34.2 Å². The molecular weight excluding hydrogens is 448 g/mol. The summed E-state index contributed by atoms with van der Waals surface area (Å²) in [4.78, 5) is 35.1. The molecule has 3 N–H and O–H groups in total. The van der Waals surface area contributed by atoms with Crippen LogP contribution in [-0.2, 0) is 19.8 Å². The van der Waals surface area contributed by atoms with Gasteiger partial charge in [-0.1, -0.05) is 12.1 Å². The number of likely N-dealkylation sites (N-methyl/N-ethyl adjacent to an activating group) is 1. The van der Waals surface area contributed by atoms with E-state index in [4.69, 9.17) is 14.9 Å². The predicted octanol–water partition coefficient (Wildman–Crippen LogP) is 1.83. The molecule has 6 rings (SSSR count). The summed E-state index contributed by atoms with van der Waals surface area (Å²) in [5.41, 5.74) is 1.95. The molecule has 1 aliphatic heterocycles. The first kappa shape index (κ1) is 25.5. The van der Waals surface area contributed by atoms with E-state index in [-0.39, 0.29) is 25.4 Å². The molecule has 35 heavy (non-hydrogen) atoms. The maximum absolute atomic E-state index is 12.4. The van der Waals surface area contributed by atoms with Gasteiger partial charge in [-0.2, -0.15) is 0 Å². The molecular formula is C27H39N2O6+. The molecule has 8 heteroatoms. The maximum atomic E-state index is 12.4. The van der Waals surface area contributed by atoms with E-state index in [1.54, 1.807) is 0 Å². The van der Waals surface area contributed by atoms with E-state index in [0.717, 1.165) is 49.7 Å². The van der Waals surface area contributed by atoms with Gasteiger partial charge in [0.05, 0.1) is 46.1 Å². The van der Waals surface area contributed by atoms with Crippen LogP contribution in [0.3, 0.4) is 0 Å². The molecule has 1 aromatic rings. The molecule has 192 valence electrons.